The largest absolute Gasteiger partial charge is 0.492 e. The molecule has 2 amide bonds. The third-order valence-corrected chi connectivity index (χ3v) is 2.23. The Bertz CT molecular complexity index is 472. The van der Waals surface area contributed by atoms with E-state index in [1.165, 1.54) is 26.1 Å². The Balaban J connectivity index is 3.25. The number of carbonyl (C=O) groups excluding carboxylic acids is 2. The third kappa shape index (κ3) is 3.13. The summed E-state index contributed by atoms with van der Waals surface area (Å²) in [6.45, 7) is 3.64. The van der Waals surface area contributed by atoms with Gasteiger partial charge in [0.1, 0.15) is 5.75 Å². The first-order valence-corrected chi connectivity index (χ1v) is 5.55. The van der Waals surface area contributed by atoms with E-state index < -0.39 is 0 Å². The molecule has 1 rings (SSSR count). The van der Waals surface area contributed by atoms with Crippen LogP contribution < -0.4 is 21.1 Å². The van der Waals surface area contributed by atoms with Crippen LogP contribution >= 0.6 is 0 Å². The van der Waals surface area contributed by atoms with Crippen molar-refractivity contribution in [2.24, 2.45) is 0 Å². The van der Waals surface area contributed by atoms with Gasteiger partial charge in [-0.2, -0.15) is 0 Å². The van der Waals surface area contributed by atoms with E-state index in [1.54, 1.807) is 0 Å². The van der Waals surface area contributed by atoms with Crippen molar-refractivity contribution >= 4 is 23.2 Å². The molecule has 0 aliphatic heterocycles. The average molecular weight is 251 g/mol. The molecule has 18 heavy (non-hydrogen) atoms. The Hall–Kier alpha value is -2.24. The zero-order valence-electron chi connectivity index (χ0n) is 10.7. The smallest absolute Gasteiger partial charge is 0.253 e. The molecule has 0 atom stereocenters. The van der Waals surface area contributed by atoms with Crippen LogP contribution in [0, 0.1) is 0 Å². The molecule has 0 unspecified atom stereocenters. The molecule has 6 heteroatoms. The molecule has 98 valence electrons. The summed E-state index contributed by atoms with van der Waals surface area (Å²) in [5.41, 5.74) is 6.80. The number of carbonyl (C=O) groups is 2. The first kappa shape index (κ1) is 13.8. The van der Waals surface area contributed by atoms with Crippen molar-refractivity contribution in [3.8, 4) is 5.75 Å². The van der Waals surface area contributed by atoms with E-state index in [0.717, 1.165) is 0 Å². The van der Waals surface area contributed by atoms with Gasteiger partial charge < -0.3 is 21.1 Å². The van der Waals surface area contributed by atoms with Crippen LogP contribution in [0.5, 0.6) is 5.75 Å². The molecular formula is C12H17N3O3. The Morgan fingerprint density at radius 3 is 2.56 bits per heavy atom. The molecule has 0 spiro atoms. The molecule has 1 aromatic carbocycles. The standard InChI is InChI=1S/C12H17N3O3/c1-4-18-11-6-9(13)8(12(17)14-3)5-10(11)15-7(2)16/h5-6H,4,13H2,1-3H3,(H,14,17)(H,15,16). The van der Waals surface area contributed by atoms with Gasteiger partial charge in [0.15, 0.2) is 0 Å². The normalized spacial score (nSPS) is 9.72. The topological polar surface area (TPSA) is 93.4 Å². The van der Waals surface area contributed by atoms with Crippen LogP contribution in [0.3, 0.4) is 0 Å². The van der Waals surface area contributed by atoms with Crippen LogP contribution in [0.25, 0.3) is 0 Å². The van der Waals surface area contributed by atoms with Crippen molar-refractivity contribution in [3.63, 3.8) is 0 Å². The van der Waals surface area contributed by atoms with Crippen LogP contribution in [0.4, 0.5) is 11.4 Å². The Labute approximate surface area is 105 Å². The highest BCUT2D eigenvalue weighted by atomic mass is 16.5. The number of hydrogen-bond donors (Lipinski definition) is 3. The van der Waals surface area contributed by atoms with Crippen molar-refractivity contribution in [1.82, 2.24) is 5.32 Å². The lowest BCUT2D eigenvalue weighted by Gasteiger charge is -2.14. The van der Waals surface area contributed by atoms with Gasteiger partial charge in [0.25, 0.3) is 5.91 Å². The second kappa shape index (κ2) is 5.90. The number of anilines is 2. The van der Waals surface area contributed by atoms with Gasteiger partial charge in [-0.15, -0.1) is 0 Å². The lowest BCUT2D eigenvalue weighted by molar-refractivity contribution is -0.114. The number of nitrogens with one attached hydrogen (secondary N) is 2. The maximum absolute atomic E-state index is 11.6. The summed E-state index contributed by atoms with van der Waals surface area (Å²) in [4.78, 5) is 22.7. The van der Waals surface area contributed by atoms with Crippen LogP contribution in [0.15, 0.2) is 12.1 Å². The molecule has 0 heterocycles. The van der Waals surface area contributed by atoms with Gasteiger partial charge in [-0.1, -0.05) is 0 Å². The summed E-state index contributed by atoms with van der Waals surface area (Å²) in [7, 11) is 1.51. The predicted molar refractivity (Wildman–Crippen MR) is 69.7 cm³/mol. The van der Waals surface area contributed by atoms with Crippen LogP contribution in [0.1, 0.15) is 24.2 Å². The number of rotatable bonds is 4. The molecule has 0 aromatic heterocycles. The number of nitrogens with two attached hydrogens (primary N) is 1. The van der Waals surface area contributed by atoms with Crippen molar-refractivity contribution < 1.29 is 14.3 Å². The lowest BCUT2D eigenvalue weighted by Crippen LogP contribution is -2.20. The monoisotopic (exact) mass is 251 g/mol. The summed E-state index contributed by atoms with van der Waals surface area (Å²) >= 11 is 0. The summed E-state index contributed by atoms with van der Waals surface area (Å²) < 4.78 is 5.36. The van der Waals surface area contributed by atoms with Gasteiger partial charge in [-0.25, -0.2) is 0 Å². The summed E-state index contributed by atoms with van der Waals surface area (Å²) in [5, 5.41) is 5.09. The minimum Gasteiger partial charge on any atom is -0.492 e. The highest BCUT2D eigenvalue weighted by molar-refractivity contribution is 6.02. The zero-order chi connectivity index (χ0) is 13.7. The Morgan fingerprint density at radius 1 is 1.39 bits per heavy atom. The SMILES string of the molecule is CCOc1cc(N)c(C(=O)NC)cc1NC(C)=O. The second-order valence-electron chi connectivity index (χ2n) is 3.63. The third-order valence-electron chi connectivity index (χ3n) is 2.23. The Kier molecular flexibility index (Phi) is 4.53. The average Bonchev–Trinajstić information content (AvgIpc) is 2.31. The van der Waals surface area contributed by atoms with Crippen molar-refractivity contribution in [1.29, 1.82) is 0 Å². The number of benzene rings is 1. The molecular weight excluding hydrogens is 234 g/mol. The predicted octanol–water partition coefficient (Wildman–Crippen LogP) is 0.986. The van der Waals surface area contributed by atoms with E-state index in [9.17, 15) is 9.59 Å². The van der Waals surface area contributed by atoms with E-state index in [4.69, 9.17) is 10.5 Å². The quantitative estimate of drug-likeness (QED) is 0.695. The molecule has 6 nitrogen and oxygen atoms in total. The van der Waals surface area contributed by atoms with E-state index in [-0.39, 0.29) is 11.8 Å². The molecule has 0 saturated heterocycles. The van der Waals surface area contributed by atoms with Gasteiger partial charge in [0, 0.05) is 25.7 Å². The minimum absolute atomic E-state index is 0.247. The van der Waals surface area contributed by atoms with Gasteiger partial charge in [-0.3, -0.25) is 9.59 Å². The summed E-state index contributed by atoms with van der Waals surface area (Å²) in [6, 6.07) is 3.03. The maximum atomic E-state index is 11.6. The lowest BCUT2D eigenvalue weighted by atomic mass is 10.1. The van der Waals surface area contributed by atoms with Crippen LogP contribution in [0.2, 0.25) is 0 Å². The molecule has 1 aromatic rings. The van der Waals surface area contributed by atoms with Crippen molar-refractivity contribution in [3.05, 3.63) is 17.7 Å². The van der Waals surface area contributed by atoms with Gasteiger partial charge in [-0.05, 0) is 13.0 Å². The van der Waals surface area contributed by atoms with Crippen LogP contribution in [-0.4, -0.2) is 25.5 Å². The van der Waals surface area contributed by atoms with Gasteiger partial charge in [0.2, 0.25) is 5.91 Å². The van der Waals surface area contributed by atoms with Crippen LogP contribution in [-0.2, 0) is 4.79 Å². The fraction of sp³-hybridized carbons (Fsp3) is 0.333. The molecule has 0 fully saturated rings. The zero-order valence-corrected chi connectivity index (χ0v) is 10.7. The first-order chi connectivity index (χ1) is 8.49. The summed E-state index contributed by atoms with van der Waals surface area (Å²) in [6.07, 6.45) is 0. The van der Waals surface area contributed by atoms with Crippen molar-refractivity contribution in [2.75, 3.05) is 24.7 Å². The molecule has 0 radical (unpaired) electrons. The minimum atomic E-state index is -0.317. The van der Waals surface area contributed by atoms with E-state index in [1.807, 2.05) is 6.92 Å². The number of hydrogen-bond acceptors (Lipinski definition) is 4. The Morgan fingerprint density at radius 2 is 2.06 bits per heavy atom. The fourth-order valence-corrected chi connectivity index (χ4v) is 1.49. The number of ether oxygens (including phenoxy) is 1. The number of nitrogen functional groups attached to an aromatic ring is 1. The first-order valence-electron chi connectivity index (χ1n) is 5.55. The molecule has 4 N–H and O–H groups in total. The van der Waals surface area contributed by atoms with Gasteiger partial charge >= 0.3 is 0 Å². The number of amides is 2. The highest BCUT2D eigenvalue weighted by Gasteiger charge is 2.14. The maximum Gasteiger partial charge on any atom is 0.253 e. The fourth-order valence-electron chi connectivity index (χ4n) is 1.49. The second-order valence-corrected chi connectivity index (χ2v) is 3.63. The molecule has 0 aliphatic carbocycles. The van der Waals surface area contributed by atoms with Gasteiger partial charge in [0.05, 0.1) is 17.9 Å². The molecule has 0 bridgehead atoms. The van der Waals surface area contributed by atoms with Crippen molar-refractivity contribution in [2.45, 2.75) is 13.8 Å². The summed E-state index contributed by atoms with van der Waals surface area (Å²) in [5.74, 6) is -0.122. The molecule has 0 aliphatic rings. The highest BCUT2D eigenvalue weighted by Crippen LogP contribution is 2.30. The molecule has 0 saturated carbocycles. The van der Waals surface area contributed by atoms with E-state index in [2.05, 4.69) is 10.6 Å². The van der Waals surface area contributed by atoms with E-state index in [0.29, 0.717) is 29.3 Å². The van der Waals surface area contributed by atoms with E-state index >= 15 is 0 Å².